The van der Waals surface area contributed by atoms with Crippen LogP contribution in [-0.4, -0.2) is 50.3 Å². The lowest BCUT2D eigenvalue weighted by Crippen LogP contribution is -2.58. The second-order valence-electron chi connectivity index (χ2n) is 5.79. The molecule has 0 unspecified atom stereocenters. The fourth-order valence-corrected chi connectivity index (χ4v) is 3.53. The molecule has 2 saturated heterocycles. The first kappa shape index (κ1) is 13.6. The fraction of sp³-hybridized carbons (Fsp3) is 0.667. The zero-order valence-corrected chi connectivity index (χ0v) is 11.8. The molecule has 5 heteroatoms. The molecule has 2 atom stereocenters. The van der Waals surface area contributed by atoms with Crippen LogP contribution < -0.4 is 0 Å². The number of carbonyl (C=O) groups excluding carboxylic acids is 1. The van der Waals surface area contributed by atoms with Crippen LogP contribution in [0.25, 0.3) is 0 Å². The van der Waals surface area contributed by atoms with Crippen LogP contribution >= 0.6 is 0 Å². The molecular weight excluding hydrogens is 258 g/mol. The molecule has 1 amide bonds. The second kappa shape index (κ2) is 5.58. The third kappa shape index (κ3) is 2.36. The van der Waals surface area contributed by atoms with Crippen LogP contribution in [0.2, 0.25) is 0 Å². The van der Waals surface area contributed by atoms with Crippen molar-refractivity contribution in [3.63, 3.8) is 0 Å². The zero-order chi connectivity index (χ0) is 14.0. The molecule has 1 aromatic heterocycles. The molecule has 2 aliphatic heterocycles. The third-order valence-electron chi connectivity index (χ3n) is 4.48. The SMILES string of the molecule is COC[C@@]12CCCO[C@H]1CCN(C(=O)c1ccoc1)C2. The van der Waals surface area contributed by atoms with Crippen molar-refractivity contribution in [1.29, 1.82) is 0 Å². The highest BCUT2D eigenvalue weighted by atomic mass is 16.5. The first-order chi connectivity index (χ1) is 9.75. The van der Waals surface area contributed by atoms with Crippen molar-refractivity contribution >= 4 is 5.91 Å². The van der Waals surface area contributed by atoms with E-state index in [0.29, 0.717) is 18.7 Å². The maximum Gasteiger partial charge on any atom is 0.257 e. The van der Waals surface area contributed by atoms with Gasteiger partial charge in [0.05, 0.1) is 24.5 Å². The molecule has 0 N–H and O–H groups in total. The zero-order valence-electron chi connectivity index (χ0n) is 11.8. The van der Waals surface area contributed by atoms with Crippen LogP contribution in [0.1, 0.15) is 29.6 Å². The molecule has 0 radical (unpaired) electrons. The van der Waals surface area contributed by atoms with E-state index in [1.165, 1.54) is 12.5 Å². The Morgan fingerprint density at radius 3 is 3.25 bits per heavy atom. The molecule has 3 heterocycles. The second-order valence-corrected chi connectivity index (χ2v) is 5.79. The maximum atomic E-state index is 12.5. The number of likely N-dealkylation sites (tertiary alicyclic amines) is 1. The lowest BCUT2D eigenvalue weighted by Gasteiger charge is -2.50. The summed E-state index contributed by atoms with van der Waals surface area (Å²) >= 11 is 0. The van der Waals surface area contributed by atoms with Crippen molar-refractivity contribution < 1.29 is 18.7 Å². The smallest absolute Gasteiger partial charge is 0.257 e. The molecule has 0 aromatic carbocycles. The largest absolute Gasteiger partial charge is 0.472 e. The van der Waals surface area contributed by atoms with Crippen LogP contribution in [0.15, 0.2) is 23.0 Å². The summed E-state index contributed by atoms with van der Waals surface area (Å²) in [7, 11) is 1.72. The van der Waals surface area contributed by atoms with Crippen LogP contribution in [0.3, 0.4) is 0 Å². The Morgan fingerprint density at radius 2 is 2.50 bits per heavy atom. The van der Waals surface area contributed by atoms with E-state index in [9.17, 15) is 4.79 Å². The van der Waals surface area contributed by atoms with Crippen LogP contribution in [0, 0.1) is 5.41 Å². The van der Waals surface area contributed by atoms with Gasteiger partial charge >= 0.3 is 0 Å². The Labute approximate surface area is 118 Å². The quantitative estimate of drug-likeness (QED) is 0.848. The van der Waals surface area contributed by atoms with Crippen molar-refractivity contribution in [3.8, 4) is 0 Å². The van der Waals surface area contributed by atoms with Gasteiger partial charge in [0.1, 0.15) is 6.26 Å². The first-order valence-corrected chi connectivity index (χ1v) is 7.17. The molecule has 2 aliphatic rings. The standard InChI is InChI=1S/C15H21NO4/c1-18-11-15-5-2-7-20-13(15)3-6-16(10-15)14(17)12-4-8-19-9-12/h4,8-9,13H,2-3,5-7,10-11H2,1H3/t13-,15-/m0/s1. The minimum Gasteiger partial charge on any atom is -0.472 e. The van der Waals surface area contributed by atoms with Gasteiger partial charge in [-0.05, 0) is 25.3 Å². The van der Waals surface area contributed by atoms with E-state index in [4.69, 9.17) is 13.9 Å². The van der Waals surface area contributed by atoms with Crippen LogP contribution in [0.5, 0.6) is 0 Å². The van der Waals surface area contributed by atoms with Crippen molar-refractivity contribution in [2.24, 2.45) is 5.41 Å². The normalized spacial score (nSPS) is 30.1. The highest BCUT2D eigenvalue weighted by molar-refractivity contribution is 5.93. The number of hydrogen-bond acceptors (Lipinski definition) is 4. The number of nitrogens with zero attached hydrogens (tertiary/aromatic N) is 1. The van der Waals surface area contributed by atoms with Gasteiger partial charge in [-0.1, -0.05) is 0 Å². The van der Waals surface area contributed by atoms with E-state index < -0.39 is 0 Å². The minimum atomic E-state index is -0.0509. The van der Waals surface area contributed by atoms with Crippen molar-refractivity contribution in [3.05, 3.63) is 24.2 Å². The summed E-state index contributed by atoms with van der Waals surface area (Å²) in [5.74, 6) is 0.0400. The van der Waals surface area contributed by atoms with Gasteiger partial charge < -0.3 is 18.8 Å². The number of carbonyl (C=O) groups is 1. The molecule has 0 bridgehead atoms. The summed E-state index contributed by atoms with van der Waals surface area (Å²) in [6, 6.07) is 1.72. The van der Waals surface area contributed by atoms with Crippen molar-refractivity contribution in [2.75, 3.05) is 33.4 Å². The molecule has 0 spiro atoms. The summed E-state index contributed by atoms with van der Waals surface area (Å²) in [6.07, 6.45) is 6.23. The average molecular weight is 279 g/mol. The number of ether oxygens (including phenoxy) is 2. The number of hydrogen-bond donors (Lipinski definition) is 0. The van der Waals surface area contributed by atoms with Crippen molar-refractivity contribution in [1.82, 2.24) is 4.90 Å². The van der Waals surface area contributed by atoms with Gasteiger partial charge in [-0.3, -0.25) is 4.79 Å². The van der Waals surface area contributed by atoms with E-state index >= 15 is 0 Å². The van der Waals surface area contributed by atoms with E-state index in [0.717, 1.165) is 32.4 Å². The maximum absolute atomic E-state index is 12.5. The summed E-state index contributed by atoms with van der Waals surface area (Å²) in [5.41, 5.74) is 0.567. The van der Waals surface area contributed by atoms with E-state index in [-0.39, 0.29) is 17.4 Å². The molecule has 20 heavy (non-hydrogen) atoms. The predicted octanol–water partition coefficient (Wildman–Crippen LogP) is 1.94. The molecule has 0 aliphatic carbocycles. The van der Waals surface area contributed by atoms with Gasteiger partial charge in [0.15, 0.2) is 0 Å². The molecule has 110 valence electrons. The van der Waals surface area contributed by atoms with E-state index in [1.807, 2.05) is 4.90 Å². The molecule has 5 nitrogen and oxygen atoms in total. The van der Waals surface area contributed by atoms with Gasteiger partial charge in [0.2, 0.25) is 0 Å². The number of furan rings is 1. The summed E-state index contributed by atoms with van der Waals surface area (Å²) in [6.45, 7) is 2.91. The highest BCUT2D eigenvalue weighted by Gasteiger charge is 2.47. The number of piperidine rings is 1. The van der Waals surface area contributed by atoms with Gasteiger partial charge in [-0.25, -0.2) is 0 Å². The molecule has 0 saturated carbocycles. The van der Waals surface area contributed by atoms with Gasteiger partial charge in [-0.15, -0.1) is 0 Å². The Morgan fingerprint density at radius 1 is 1.60 bits per heavy atom. The molecular formula is C15H21NO4. The van der Waals surface area contributed by atoms with Crippen molar-refractivity contribution in [2.45, 2.75) is 25.4 Å². The topological polar surface area (TPSA) is 51.9 Å². The number of rotatable bonds is 3. The molecule has 2 fully saturated rings. The summed E-state index contributed by atoms with van der Waals surface area (Å²) in [5, 5.41) is 0. The first-order valence-electron chi connectivity index (χ1n) is 7.17. The van der Waals surface area contributed by atoms with Gasteiger partial charge in [0.25, 0.3) is 5.91 Å². The molecule has 3 rings (SSSR count). The summed E-state index contributed by atoms with van der Waals surface area (Å²) in [4.78, 5) is 14.4. The highest BCUT2D eigenvalue weighted by Crippen LogP contribution is 2.40. The fourth-order valence-electron chi connectivity index (χ4n) is 3.53. The lowest BCUT2D eigenvalue weighted by atomic mass is 9.73. The van der Waals surface area contributed by atoms with E-state index in [1.54, 1.807) is 13.2 Å². The molecule has 1 aromatic rings. The number of methoxy groups -OCH3 is 1. The Bertz CT molecular complexity index is 454. The Hall–Kier alpha value is -1.33. The Balaban J connectivity index is 1.77. The number of fused-ring (bicyclic) bond motifs is 1. The predicted molar refractivity (Wildman–Crippen MR) is 72.5 cm³/mol. The van der Waals surface area contributed by atoms with Gasteiger partial charge in [0, 0.05) is 32.2 Å². The van der Waals surface area contributed by atoms with Gasteiger partial charge in [-0.2, -0.15) is 0 Å². The lowest BCUT2D eigenvalue weighted by molar-refractivity contribution is -0.142. The van der Waals surface area contributed by atoms with E-state index in [2.05, 4.69) is 0 Å². The third-order valence-corrected chi connectivity index (χ3v) is 4.48. The average Bonchev–Trinajstić information content (AvgIpc) is 3.00. The van der Waals surface area contributed by atoms with Crippen LogP contribution in [-0.2, 0) is 9.47 Å². The van der Waals surface area contributed by atoms with Crippen LogP contribution in [0.4, 0.5) is 0 Å². The number of amides is 1. The summed E-state index contributed by atoms with van der Waals surface area (Å²) < 4.78 is 16.4. The monoisotopic (exact) mass is 279 g/mol. The minimum absolute atomic E-state index is 0.0400. The Kier molecular flexibility index (Phi) is 3.81.